The van der Waals surface area contributed by atoms with Crippen LogP contribution in [0, 0.1) is 5.82 Å². The highest BCUT2D eigenvalue weighted by atomic mass is 79.9. The highest BCUT2D eigenvalue weighted by Gasteiger charge is 2.26. The molecule has 0 saturated heterocycles. The zero-order valence-electron chi connectivity index (χ0n) is 16.7. The molecule has 0 spiro atoms. The summed E-state index contributed by atoms with van der Waals surface area (Å²) in [5.74, 6) is -1.15. The summed E-state index contributed by atoms with van der Waals surface area (Å²) in [6, 6.07) is 12.7. The van der Waals surface area contributed by atoms with E-state index in [0.717, 1.165) is 22.9 Å². The van der Waals surface area contributed by atoms with Gasteiger partial charge in [0.15, 0.2) is 18.2 Å². The SMILES string of the molecule is CCCCNC(=O)[C@H](C)N(Cc1ccc(Br)cc1)C(=O)COc1ccccc1F. The van der Waals surface area contributed by atoms with Crippen molar-refractivity contribution < 1.29 is 18.7 Å². The predicted molar refractivity (Wildman–Crippen MR) is 114 cm³/mol. The number of para-hydroxylation sites is 1. The lowest BCUT2D eigenvalue weighted by Crippen LogP contribution is -2.49. The number of hydrogen-bond donors (Lipinski definition) is 1. The zero-order chi connectivity index (χ0) is 21.2. The molecular weight excluding hydrogens is 439 g/mol. The lowest BCUT2D eigenvalue weighted by Gasteiger charge is -2.28. The molecule has 156 valence electrons. The number of amides is 2. The van der Waals surface area contributed by atoms with Gasteiger partial charge in [-0.3, -0.25) is 9.59 Å². The van der Waals surface area contributed by atoms with Crippen LogP contribution in [0.3, 0.4) is 0 Å². The Labute approximate surface area is 179 Å². The molecule has 0 bridgehead atoms. The molecule has 7 heteroatoms. The summed E-state index contributed by atoms with van der Waals surface area (Å²) in [5.41, 5.74) is 0.876. The number of carbonyl (C=O) groups is 2. The Bertz CT molecular complexity index is 814. The lowest BCUT2D eigenvalue weighted by atomic mass is 10.1. The standard InChI is InChI=1S/C22H26BrFN2O3/c1-3-4-13-25-22(28)16(2)26(14-17-9-11-18(23)12-10-17)21(27)15-29-20-8-6-5-7-19(20)24/h5-12,16H,3-4,13-15H2,1-2H3,(H,25,28)/t16-/m0/s1. The third-order valence-electron chi connectivity index (χ3n) is 4.45. The number of nitrogens with zero attached hydrogens (tertiary/aromatic N) is 1. The van der Waals surface area contributed by atoms with E-state index < -0.39 is 17.8 Å². The molecule has 2 aromatic carbocycles. The minimum atomic E-state index is -0.688. The fraction of sp³-hybridized carbons (Fsp3) is 0.364. The van der Waals surface area contributed by atoms with Gasteiger partial charge in [0.25, 0.3) is 5.91 Å². The molecule has 0 heterocycles. The van der Waals surface area contributed by atoms with Gasteiger partial charge in [-0.25, -0.2) is 4.39 Å². The molecule has 2 aromatic rings. The van der Waals surface area contributed by atoms with E-state index in [4.69, 9.17) is 4.74 Å². The number of ether oxygens (including phenoxy) is 1. The van der Waals surface area contributed by atoms with E-state index in [9.17, 15) is 14.0 Å². The number of halogens is 2. The van der Waals surface area contributed by atoms with Gasteiger partial charge < -0.3 is 15.0 Å². The predicted octanol–water partition coefficient (Wildman–Crippen LogP) is 4.30. The van der Waals surface area contributed by atoms with Crippen molar-refractivity contribution in [2.24, 2.45) is 0 Å². The van der Waals surface area contributed by atoms with Crippen LogP contribution in [0.25, 0.3) is 0 Å². The Morgan fingerprint density at radius 1 is 1.17 bits per heavy atom. The van der Waals surface area contributed by atoms with E-state index >= 15 is 0 Å². The van der Waals surface area contributed by atoms with Gasteiger partial charge in [0, 0.05) is 17.6 Å². The maximum absolute atomic E-state index is 13.8. The Morgan fingerprint density at radius 3 is 2.52 bits per heavy atom. The van der Waals surface area contributed by atoms with Crippen LogP contribution in [0.4, 0.5) is 4.39 Å². The third kappa shape index (κ3) is 7.16. The minimum Gasteiger partial charge on any atom is -0.481 e. The normalized spacial score (nSPS) is 11.6. The largest absolute Gasteiger partial charge is 0.481 e. The highest BCUT2D eigenvalue weighted by Crippen LogP contribution is 2.17. The molecule has 0 aliphatic heterocycles. The summed E-state index contributed by atoms with van der Waals surface area (Å²) in [6.07, 6.45) is 1.84. The fourth-order valence-corrected chi connectivity index (χ4v) is 2.95. The second-order valence-corrected chi connectivity index (χ2v) is 7.60. The molecule has 0 fully saturated rings. The molecule has 2 amide bonds. The smallest absolute Gasteiger partial charge is 0.261 e. The summed E-state index contributed by atoms with van der Waals surface area (Å²) < 4.78 is 20.0. The van der Waals surface area contributed by atoms with Crippen molar-refractivity contribution in [1.29, 1.82) is 0 Å². The Balaban J connectivity index is 2.11. The molecule has 0 saturated carbocycles. The number of rotatable bonds is 10. The van der Waals surface area contributed by atoms with Crippen LogP contribution in [0.15, 0.2) is 53.0 Å². The maximum Gasteiger partial charge on any atom is 0.261 e. The van der Waals surface area contributed by atoms with Gasteiger partial charge in [-0.15, -0.1) is 0 Å². The monoisotopic (exact) mass is 464 g/mol. The van der Waals surface area contributed by atoms with E-state index in [1.807, 2.05) is 31.2 Å². The molecule has 0 aliphatic carbocycles. The lowest BCUT2D eigenvalue weighted by molar-refractivity contribution is -0.142. The molecule has 0 aliphatic rings. The van der Waals surface area contributed by atoms with Crippen molar-refractivity contribution in [2.45, 2.75) is 39.3 Å². The molecule has 5 nitrogen and oxygen atoms in total. The number of hydrogen-bond acceptors (Lipinski definition) is 3. The summed E-state index contributed by atoms with van der Waals surface area (Å²) in [5, 5.41) is 2.86. The second-order valence-electron chi connectivity index (χ2n) is 6.69. The summed E-state index contributed by atoms with van der Waals surface area (Å²) >= 11 is 3.39. The van der Waals surface area contributed by atoms with Crippen LogP contribution >= 0.6 is 15.9 Å². The first kappa shape index (κ1) is 22.9. The van der Waals surface area contributed by atoms with Gasteiger partial charge in [-0.05, 0) is 43.2 Å². The van der Waals surface area contributed by atoms with Crippen LogP contribution < -0.4 is 10.1 Å². The Morgan fingerprint density at radius 2 is 1.86 bits per heavy atom. The van der Waals surface area contributed by atoms with E-state index in [1.54, 1.807) is 19.1 Å². The van der Waals surface area contributed by atoms with Crippen molar-refractivity contribution in [2.75, 3.05) is 13.2 Å². The maximum atomic E-state index is 13.8. The molecule has 0 unspecified atom stereocenters. The van der Waals surface area contributed by atoms with Crippen molar-refractivity contribution in [3.63, 3.8) is 0 Å². The van der Waals surface area contributed by atoms with Crippen molar-refractivity contribution >= 4 is 27.7 Å². The fourth-order valence-electron chi connectivity index (χ4n) is 2.69. The first-order valence-corrected chi connectivity index (χ1v) is 10.4. The number of benzene rings is 2. The second kappa shape index (κ2) is 11.6. The van der Waals surface area contributed by atoms with Gasteiger partial charge in [-0.2, -0.15) is 0 Å². The molecule has 29 heavy (non-hydrogen) atoms. The number of carbonyl (C=O) groups excluding carboxylic acids is 2. The Kier molecular flexibility index (Phi) is 9.12. The molecule has 2 rings (SSSR count). The van der Waals surface area contributed by atoms with Gasteiger partial charge in [0.05, 0.1) is 0 Å². The van der Waals surface area contributed by atoms with Gasteiger partial charge in [0.1, 0.15) is 6.04 Å². The van der Waals surface area contributed by atoms with Crippen LogP contribution in [0.2, 0.25) is 0 Å². The summed E-state index contributed by atoms with van der Waals surface area (Å²) in [4.78, 5) is 26.8. The van der Waals surface area contributed by atoms with Crippen molar-refractivity contribution in [3.05, 3.63) is 64.4 Å². The quantitative estimate of drug-likeness (QED) is 0.533. The van der Waals surface area contributed by atoms with Crippen LogP contribution in [-0.2, 0) is 16.1 Å². The van der Waals surface area contributed by atoms with Crippen LogP contribution in [0.5, 0.6) is 5.75 Å². The number of unbranched alkanes of at least 4 members (excludes halogenated alkanes) is 1. The van der Waals surface area contributed by atoms with Gasteiger partial charge in [-0.1, -0.05) is 53.5 Å². The Hall–Kier alpha value is -2.41. The average Bonchev–Trinajstić information content (AvgIpc) is 2.72. The van der Waals surface area contributed by atoms with Gasteiger partial charge in [0.2, 0.25) is 5.91 Å². The van der Waals surface area contributed by atoms with E-state index in [-0.39, 0.29) is 24.8 Å². The molecule has 0 aromatic heterocycles. The average molecular weight is 465 g/mol. The van der Waals surface area contributed by atoms with Crippen LogP contribution in [-0.4, -0.2) is 35.9 Å². The van der Waals surface area contributed by atoms with E-state index in [2.05, 4.69) is 21.2 Å². The first-order valence-electron chi connectivity index (χ1n) is 9.61. The van der Waals surface area contributed by atoms with Crippen LogP contribution in [0.1, 0.15) is 32.3 Å². The summed E-state index contributed by atoms with van der Waals surface area (Å²) in [6.45, 7) is 4.17. The number of nitrogens with one attached hydrogen (secondary N) is 1. The highest BCUT2D eigenvalue weighted by molar-refractivity contribution is 9.10. The molecular formula is C22H26BrFN2O3. The topological polar surface area (TPSA) is 58.6 Å². The molecule has 1 atom stereocenters. The molecule has 1 N–H and O–H groups in total. The van der Waals surface area contributed by atoms with Gasteiger partial charge >= 0.3 is 0 Å². The summed E-state index contributed by atoms with van der Waals surface area (Å²) in [7, 11) is 0. The van der Waals surface area contributed by atoms with E-state index in [0.29, 0.717) is 6.54 Å². The third-order valence-corrected chi connectivity index (χ3v) is 4.98. The van der Waals surface area contributed by atoms with E-state index in [1.165, 1.54) is 17.0 Å². The first-order chi connectivity index (χ1) is 13.9. The zero-order valence-corrected chi connectivity index (χ0v) is 18.2. The van der Waals surface area contributed by atoms with Crippen molar-refractivity contribution in [1.82, 2.24) is 10.2 Å². The minimum absolute atomic E-state index is 0.00416. The molecule has 0 radical (unpaired) electrons. The van der Waals surface area contributed by atoms with Crippen molar-refractivity contribution in [3.8, 4) is 5.75 Å².